The maximum atomic E-state index is 4.56. The summed E-state index contributed by atoms with van der Waals surface area (Å²) in [5, 5.41) is 4.53. The van der Waals surface area contributed by atoms with Crippen LogP contribution in [0.2, 0.25) is 0 Å². The van der Waals surface area contributed by atoms with E-state index >= 15 is 0 Å². The van der Waals surface area contributed by atoms with E-state index in [-0.39, 0.29) is 0 Å². The Bertz CT molecular complexity index is 787. The Morgan fingerprint density at radius 3 is 2.65 bits per heavy atom. The van der Waals surface area contributed by atoms with Gasteiger partial charge in [-0.25, -0.2) is 0 Å². The molecule has 0 saturated heterocycles. The Morgan fingerprint density at radius 2 is 1.85 bits per heavy atom. The number of benzene rings is 2. The van der Waals surface area contributed by atoms with Crippen LogP contribution in [-0.2, 0) is 0 Å². The number of fused-ring (bicyclic) bond motifs is 1. The number of anilines is 2. The molecule has 0 saturated carbocycles. The predicted molar refractivity (Wildman–Crippen MR) is 91.2 cm³/mol. The number of nitrogens with zero attached hydrogens (tertiary/aromatic N) is 1. The van der Waals surface area contributed by atoms with E-state index in [0.29, 0.717) is 0 Å². The number of aryl methyl sites for hydroxylation is 1. The molecule has 0 aliphatic carbocycles. The SMILES string of the molecule is Cc1cc(Nc2ccccc2S)c2cc(Br)ccc2n1. The van der Waals surface area contributed by atoms with Gasteiger partial charge in [-0.1, -0.05) is 28.1 Å². The fraction of sp³-hybridized carbons (Fsp3) is 0.0625. The average molecular weight is 345 g/mol. The minimum atomic E-state index is 0.921. The Hall–Kier alpha value is -1.52. The predicted octanol–water partition coefficient (Wildman–Crippen LogP) is 5.34. The lowest BCUT2D eigenvalue weighted by Crippen LogP contribution is -1.95. The van der Waals surface area contributed by atoms with E-state index in [1.54, 1.807) is 0 Å². The molecule has 0 fully saturated rings. The van der Waals surface area contributed by atoms with E-state index in [1.807, 2.05) is 43.3 Å². The molecule has 3 aromatic rings. The first-order chi connectivity index (χ1) is 9.63. The molecular weight excluding hydrogens is 332 g/mol. The summed E-state index contributed by atoms with van der Waals surface area (Å²) in [5.74, 6) is 0. The summed E-state index contributed by atoms with van der Waals surface area (Å²) in [7, 11) is 0. The molecule has 0 aliphatic rings. The minimum Gasteiger partial charge on any atom is -0.354 e. The average Bonchev–Trinajstić information content (AvgIpc) is 2.42. The molecular formula is C16H13BrN2S. The van der Waals surface area contributed by atoms with E-state index in [0.717, 1.165) is 37.3 Å². The maximum absolute atomic E-state index is 4.56. The maximum Gasteiger partial charge on any atom is 0.0726 e. The number of aromatic nitrogens is 1. The first kappa shape index (κ1) is 13.5. The topological polar surface area (TPSA) is 24.9 Å². The molecule has 2 nitrogen and oxygen atoms in total. The summed E-state index contributed by atoms with van der Waals surface area (Å²) in [6, 6.07) is 16.1. The number of hydrogen-bond acceptors (Lipinski definition) is 3. The number of nitrogens with one attached hydrogen (secondary N) is 1. The van der Waals surface area contributed by atoms with Crippen molar-refractivity contribution in [1.82, 2.24) is 4.98 Å². The largest absolute Gasteiger partial charge is 0.354 e. The fourth-order valence-corrected chi connectivity index (χ4v) is 2.74. The normalized spacial score (nSPS) is 10.8. The highest BCUT2D eigenvalue weighted by Crippen LogP contribution is 2.30. The Balaban J connectivity index is 2.15. The molecule has 4 heteroatoms. The van der Waals surface area contributed by atoms with Gasteiger partial charge in [0, 0.05) is 26.1 Å². The third-order valence-corrected chi connectivity index (χ3v) is 3.96. The van der Waals surface area contributed by atoms with Crippen LogP contribution in [0.25, 0.3) is 10.9 Å². The zero-order valence-electron chi connectivity index (χ0n) is 10.9. The van der Waals surface area contributed by atoms with Gasteiger partial charge in [-0.2, -0.15) is 0 Å². The molecule has 0 radical (unpaired) electrons. The van der Waals surface area contributed by atoms with Crippen molar-refractivity contribution in [3.63, 3.8) is 0 Å². The lowest BCUT2D eigenvalue weighted by atomic mass is 10.1. The summed E-state index contributed by atoms with van der Waals surface area (Å²) >= 11 is 8.00. The zero-order valence-corrected chi connectivity index (χ0v) is 13.4. The van der Waals surface area contributed by atoms with E-state index in [1.165, 1.54) is 0 Å². The molecule has 0 spiro atoms. The second kappa shape index (κ2) is 5.46. The molecule has 0 amide bonds. The molecule has 3 rings (SSSR count). The zero-order chi connectivity index (χ0) is 14.1. The number of pyridine rings is 1. The number of hydrogen-bond donors (Lipinski definition) is 2. The van der Waals surface area contributed by atoms with Crippen molar-refractivity contribution in [3.8, 4) is 0 Å². The van der Waals surface area contributed by atoms with Crippen molar-refractivity contribution >= 4 is 50.8 Å². The molecule has 2 aromatic carbocycles. The highest BCUT2D eigenvalue weighted by molar-refractivity contribution is 9.10. The van der Waals surface area contributed by atoms with Gasteiger partial charge in [-0.05, 0) is 43.3 Å². The van der Waals surface area contributed by atoms with E-state index in [9.17, 15) is 0 Å². The Labute approximate surface area is 131 Å². The van der Waals surface area contributed by atoms with Crippen molar-refractivity contribution < 1.29 is 0 Å². The van der Waals surface area contributed by atoms with Crippen LogP contribution in [0, 0.1) is 6.92 Å². The third-order valence-electron chi connectivity index (χ3n) is 3.07. The molecule has 20 heavy (non-hydrogen) atoms. The summed E-state index contributed by atoms with van der Waals surface area (Å²) in [6.07, 6.45) is 0. The van der Waals surface area contributed by atoms with Gasteiger partial charge in [0.05, 0.1) is 11.2 Å². The molecule has 1 aromatic heterocycles. The lowest BCUT2D eigenvalue weighted by Gasteiger charge is -2.12. The molecule has 100 valence electrons. The first-order valence-corrected chi connectivity index (χ1v) is 7.49. The smallest absolute Gasteiger partial charge is 0.0726 e. The lowest BCUT2D eigenvalue weighted by molar-refractivity contribution is 1.25. The molecule has 0 aliphatic heterocycles. The van der Waals surface area contributed by atoms with Crippen molar-refractivity contribution in [2.24, 2.45) is 0 Å². The van der Waals surface area contributed by atoms with Crippen molar-refractivity contribution in [1.29, 1.82) is 0 Å². The van der Waals surface area contributed by atoms with Crippen LogP contribution in [0.3, 0.4) is 0 Å². The standard InChI is InChI=1S/C16H13BrN2S/c1-10-8-15(19-14-4-2-3-5-16(14)20)12-9-11(17)6-7-13(12)18-10/h2-9,20H,1H3,(H,18,19). The van der Waals surface area contributed by atoms with Gasteiger partial charge in [-0.15, -0.1) is 12.6 Å². The highest BCUT2D eigenvalue weighted by Gasteiger charge is 2.06. The van der Waals surface area contributed by atoms with Crippen molar-refractivity contribution in [2.75, 3.05) is 5.32 Å². The van der Waals surface area contributed by atoms with Crippen molar-refractivity contribution in [3.05, 3.63) is 58.7 Å². The van der Waals surface area contributed by atoms with E-state index < -0.39 is 0 Å². The highest BCUT2D eigenvalue weighted by atomic mass is 79.9. The monoisotopic (exact) mass is 344 g/mol. The summed E-state index contributed by atoms with van der Waals surface area (Å²) in [4.78, 5) is 5.48. The number of rotatable bonds is 2. The number of thiol groups is 1. The summed E-state index contributed by atoms with van der Waals surface area (Å²) < 4.78 is 1.04. The van der Waals surface area contributed by atoms with Crippen LogP contribution in [-0.4, -0.2) is 4.98 Å². The van der Waals surface area contributed by atoms with Crippen LogP contribution in [0.15, 0.2) is 57.9 Å². The second-order valence-electron chi connectivity index (χ2n) is 4.61. The first-order valence-electron chi connectivity index (χ1n) is 6.25. The third kappa shape index (κ3) is 2.67. The number of para-hydroxylation sites is 1. The minimum absolute atomic E-state index is 0.921. The van der Waals surface area contributed by atoms with Gasteiger partial charge in [0.1, 0.15) is 0 Å². The quantitative estimate of drug-likeness (QED) is 0.613. The van der Waals surface area contributed by atoms with Crippen LogP contribution in [0.1, 0.15) is 5.69 Å². The molecule has 0 atom stereocenters. The van der Waals surface area contributed by atoms with E-state index in [4.69, 9.17) is 0 Å². The molecule has 0 unspecified atom stereocenters. The molecule has 0 bridgehead atoms. The fourth-order valence-electron chi connectivity index (χ4n) is 2.16. The molecule has 1 heterocycles. The van der Waals surface area contributed by atoms with E-state index in [2.05, 4.69) is 51.0 Å². The second-order valence-corrected chi connectivity index (χ2v) is 6.01. The van der Waals surface area contributed by atoms with Crippen LogP contribution in [0.4, 0.5) is 11.4 Å². The van der Waals surface area contributed by atoms with Gasteiger partial charge in [0.15, 0.2) is 0 Å². The van der Waals surface area contributed by atoms with Gasteiger partial charge in [-0.3, -0.25) is 4.98 Å². The van der Waals surface area contributed by atoms with Gasteiger partial charge >= 0.3 is 0 Å². The van der Waals surface area contributed by atoms with Crippen LogP contribution in [0.5, 0.6) is 0 Å². The van der Waals surface area contributed by atoms with Crippen molar-refractivity contribution in [2.45, 2.75) is 11.8 Å². The summed E-state index contributed by atoms with van der Waals surface area (Å²) in [6.45, 7) is 2.00. The van der Waals surface area contributed by atoms with Gasteiger partial charge in [0.2, 0.25) is 0 Å². The summed E-state index contributed by atoms with van der Waals surface area (Å²) in [5.41, 5.74) is 3.99. The Kier molecular flexibility index (Phi) is 3.68. The Morgan fingerprint density at radius 1 is 1.05 bits per heavy atom. The van der Waals surface area contributed by atoms with Gasteiger partial charge < -0.3 is 5.32 Å². The number of halogens is 1. The van der Waals surface area contributed by atoms with Crippen LogP contribution >= 0.6 is 28.6 Å². The van der Waals surface area contributed by atoms with Crippen LogP contribution < -0.4 is 5.32 Å². The molecule has 1 N–H and O–H groups in total. The van der Waals surface area contributed by atoms with Gasteiger partial charge in [0.25, 0.3) is 0 Å².